The number of carbonyl (C=O) groups excluding carboxylic acids is 1. The maximum absolute atomic E-state index is 12.3. The lowest BCUT2D eigenvalue weighted by Crippen LogP contribution is -2.45. The molecule has 0 aliphatic carbocycles. The summed E-state index contributed by atoms with van der Waals surface area (Å²) >= 11 is 5.87. The number of carbonyl (C=O) groups is 1. The van der Waals surface area contributed by atoms with Crippen LogP contribution in [-0.4, -0.2) is 41.5 Å². The van der Waals surface area contributed by atoms with E-state index in [2.05, 4.69) is 40.8 Å². The van der Waals surface area contributed by atoms with E-state index >= 15 is 0 Å². The van der Waals surface area contributed by atoms with Crippen LogP contribution < -0.4 is 10.1 Å². The first-order valence-corrected chi connectivity index (χ1v) is 9.95. The van der Waals surface area contributed by atoms with Crippen LogP contribution in [0.15, 0.2) is 55.1 Å². The molecule has 6 heteroatoms. The van der Waals surface area contributed by atoms with Gasteiger partial charge in [-0.25, -0.2) is 4.98 Å². The molecule has 1 fully saturated rings. The Bertz CT molecular complexity index is 802. The number of rotatable bonds is 7. The highest BCUT2D eigenvalue weighted by Gasteiger charge is 2.25. The number of hydrogen-bond acceptors (Lipinski definition) is 4. The third-order valence-corrected chi connectivity index (χ3v) is 5.30. The van der Waals surface area contributed by atoms with E-state index in [0.29, 0.717) is 23.5 Å². The maximum atomic E-state index is 12.3. The Hall–Kier alpha value is -2.37. The van der Waals surface area contributed by atoms with Crippen molar-refractivity contribution in [2.45, 2.75) is 31.8 Å². The van der Waals surface area contributed by atoms with Crippen LogP contribution in [0.1, 0.15) is 41.9 Å². The Balaban J connectivity index is 1.50. The normalized spacial score (nSPS) is 16.4. The molecule has 148 valence electrons. The summed E-state index contributed by atoms with van der Waals surface area (Å²) in [5.74, 6) is 0.691. The largest absolute Gasteiger partial charge is 0.490 e. The van der Waals surface area contributed by atoms with Crippen LogP contribution in [0.4, 0.5) is 0 Å². The highest BCUT2D eigenvalue weighted by atomic mass is 35.5. The standard InChI is InChI=1S/C22H26ClN3O2/c1-3-15-28-19-9-7-17(8-10-19)16(2)26-13-11-18(12-14-26)24-22(27)20-5-4-6-21(23)25-20/h3-10,16,18H,1,11-15H2,2H3,(H,24,27). The van der Waals surface area contributed by atoms with Crippen molar-refractivity contribution in [3.8, 4) is 5.75 Å². The molecule has 1 unspecified atom stereocenters. The highest BCUT2D eigenvalue weighted by molar-refractivity contribution is 6.29. The van der Waals surface area contributed by atoms with E-state index in [0.717, 1.165) is 31.7 Å². The van der Waals surface area contributed by atoms with Gasteiger partial charge in [0.15, 0.2) is 0 Å². The Labute approximate surface area is 171 Å². The molecule has 1 aromatic heterocycles. The van der Waals surface area contributed by atoms with Crippen molar-refractivity contribution in [1.29, 1.82) is 0 Å². The van der Waals surface area contributed by atoms with Gasteiger partial charge in [0.1, 0.15) is 23.2 Å². The highest BCUT2D eigenvalue weighted by Crippen LogP contribution is 2.26. The molecule has 2 heterocycles. The van der Waals surface area contributed by atoms with Crippen LogP contribution in [-0.2, 0) is 0 Å². The van der Waals surface area contributed by atoms with Gasteiger partial charge < -0.3 is 10.1 Å². The molecule has 5 nitrogen and oxygen atoms in total. The van der Waals surface area contributed by atoms with Crippen molar-refractivity contribution in [1.82, 2.24) is 15.2 Å². The maximum Gasteiger partial charge on any atom is 0.270 e. The van der Waals surface area contributed by atoms with Crippen LogP contribution in [0, 0.1) is 0 Å². The molecule has 28 heavy (non-hydrogen) atoms. The summed E-state index contributed by atoms with van der Waals surface area (Å²) in [6.07, 6.45) is 3.57. The van der Waals surface area contributed by atoms with E-state index in [1.165, 1.54) is 5.56 Å². The summed E-state index contributed by atoms with van der Waals surface area (Å²) in [7, 11) is 0. The van der Waals surface area contributed by atoms with Crippen molar-refractivity contribution < 1.29 is 9.53 Å². The van der Waals surface area contributed by atoms with Crippen molar-refractivity contribution in [3.63, 3.8) is 0 Å². The smallest absolute Gasteiger partial charge is 0.270 e. The molecule has 1 saturated heterocycles. The van der Waals surface area contributed by atoms with Crippen LogP contribution in [0.25, 0.3) is 0 Å². The van der Waals surface area contributed by atoms with Gasteiger partial charge in [-0.1, -0.05) is 42.5 Å². The first-order chi connectivity index (χ1) is 13.6. The third-order valence-electron chi connectivity index (χ3n) is 5.09. The lowest BCUT2D eigenvalue weighted by Gasteiger charge is -2.36. The molecule has 0 saturated carbocycles. The number of ether oxygens (including phenoxy) is 1. The SMILES string of the molecule is C=CCOc1ccc(C(C)N2CCC(NC(=O)c3cccc(Cl)n3)CC2)cc1. The van der Waals surface area contributed by atoms with E-state index in [1.807, 2.05) is 12.1 Å². The van der Waals surface area contributed by atoms with E-state index in [9.17, 15) is 4.79 Å². The molecule has 0 radical (unpaired) electrons. The number of nitrogens with one attached hydrogen (secondary N) is 1. The number of piperidine rings is 1. The second-order valence-corrected chi connectivity index (χ2v) is 7.36. The van der Waals surface area contributed by atoms with Crippen LogP contribution in [0.2, 0.25) is 5.15 Å². The van der Waals surface area contributed by atoms with Crippen LogP contribution in [0.5, 0.6) is 5.75 Å². The second kappa shape index (κ2) is 9.71. The summed E-state index contributed by atoms with van der Waals surface area (Å²) < 4.78 is 5.55. The van der Waals surface area contributed by atoms with Gasteiger partial charge >= 0.3 is 0 Å². The lowest BCUT2D eigenvalue weighted by molar-refractivity contribution is 0.0891. The van der Waals surface area contributed by atoms with Gasteiger partial charge in [0.25, 0.3) is 5.91 Å². The molecule has 0 spiro atoms. The Morgan fingerprint density at radius 2 is 2.04 bits per heavy atom. The number of halogens is 1. The first kappa shape index (κ1) is 20.4. The first-order valence-electron chi connectivity index (χ1n) is 9.58. The predicted molar refractivity (Wildman–Crippen MR) is 112 cm³/mol. The number of likely N-dealkylation sites (tertiary alicyclic amines) is 1. The monoisotopic (exact) mass is 399 g/mol. The van der Waals surface area contributed by atoms with Crippen molar-refractivity contribution in [3.05, 3.63) is 71.5 Å². The van der Waals surface area contributed by atoms with Gasteiger partial charge in [0, 0.05) is 25.2 Å². The molecule has 1 aliphatic heterocycles. The molecule has 1 amide bonds. The minimum Gasteiger partial charge on any atom is -0.490 e. The average molecular weight is 400 g/mol. The molecule has 1 aromatic carbocycles. The predicted octanol–water partition coefficient (Wildman–Crippen LogP) is 4.26. The fourth-order valence-corrected chi connectivity index (χ4v) is 3.60. The van der Waals surface area contributed by atoms with Crippen molar-refractivity contribution in [2.75, 3.05) is 19.7 Å². The van der Waals surface area contributed by atoms with E-state index in [4.69, 9.17) is 16.3 Å². The molecular formula is C22H26ClN3O2. The molecule has 1 N–H and O–H groups in total. The second-order valence-electron chi connectivity index (χ2n) is 6.97. The van der Waals surface area contributed by atoms with Crippen LogP contribution >= 0.6 is 11.6 Å². The number of nitrogens with zero attached hydrogens (tertiary/aromatic N) is 2. The van der Waals surface area contributed by atoms with Gasteiger partial charge in [-0.2, -0.15) is 0 Å². The number of hydrogen-bond donors (Lipinski definition) is 1. The van der Waals surface area contributed by atoms with Crippen molar-refractivity contribution in [2.24, 2.45) is 0 Å². The molecular weight excluding hydrogens is 374 g/mol. The van der Waals surface area contributed by atoms with Crippen molar-refractivity contribution >= 4 is 17.5 Å². The van der Waals surface area contributed by atoms with Gasteiger partial charge in [-0.3, -0.25) is 9.69 Å². The fourth-order valence-electron chi connectivity index (χ4n) is 3.43. The zero-order chi connectivity index (χ0) is 19.9. The number of aromatic nitrogens is 1. The lowest BCUT2D eigenvalue weighted by atomic mass is 10.00. The molecule has 1 atom stereocenters. The summed E-state index contributed by atoms with van der Waals surface area (Å²) in [6, 6.07) is 13.8. The summed E-state index contributed by atoms with van der Waals surface area (Å²) in [4.78, 5) is 18.9. The van der Waals surface area contributed by atoms with E-state index in [1.54, 1.807) is 24.3 Å². The number of benzene rings is 1. The topological polar surface area (TPSA) is 54.5 Å². The summed E-state index contributed by atoms with van der Waals surface area (Å²) in [5, 5.41) is 3.41. The Morgan fingerprint density at radius 1 is 1.32 bits per heavy atom. The minimum absolute atomic E-state index is 0.159. The Kier molecular flexibility index (Phi) is 7.06. The summed E-state index contributed by atoms with van der Waals surface area (Å²) in [5.41, 5.74) is 1.62. The van der Waals surface area contributed by atoms with Crippen LogP contribution in [0.3, 0.4) is 0 Å². The summed E-state index contributed by atoms with van der Waals surface area (Å²) in [6.45, 7) is 8.26. The molecule has 1 aliphatic rings. The van der Waals surface area contributed by atoms with Gasteiger partial charge in [0.05, 0.1) is 0 Å². The van der Waals surface area contributed by atoms with Gasteiger partial charge in [-0.15, -0.1) is 0 Å². The average Bonchev–Trinajstić information content (AvgIpc) is 2.72. The minimum atomic E-state index is -0.163. The molecule has 0 bridgehead atoms. The number of amides is 1. The Morgan fingerprint density at radius 3 is 2.68 bits per heavy atom. The third kappa shape index (κ3) is 5.33. The van der Waals surface area contributed by atoms with E-state index < -0.39 is 0 Å². The fraction of sp³-hybridized carbons (Fsp3) is 0.364. The van der Waals surface area contributed by atoms with Gasteiger partial charge in [-0.05, 0) is 49.6 Å². The van der Waals surface area contributed by atoms with E-state index in [-0.39, 0.29) is 11.9 Å². The zero-order valence-corrected chi connectivity index (χ0v) is 16.9. The quantitative estimate of drug-likeness (QED) is 0.558. The molecule has 2 aromatic rings. The zero-order valence-electron chi connectivity index (χ0n) is 16.1. The number of pyridine rings is 1. The van der Waals surface area contributed by atoms with Gasteiger partial charge in [0.2, 0.25) is 0 Å². The molecule has 3 rings (SSSR count).